The molecule has 1 aromatic carbocycles. The molecule has 9 heteroatoms. The zero-order chi connectivity index (χ0) is 21.8. The molecule has 1 aliphatic rings. The molecular formula is C22H25N5O4. The number of fused-ring (bicyclic) bond motifs is 1. The molecule has 1 saturated heterocycles. The summed E-state index contributed by atoms with van der Waals surface area (Å²) < 4.78 is 6.74. The number of aryl methyl sites for hydroxylation is 1. The number of amides is 2. The van der Waals surface area contributed by atoms with Crippen LogP contribution in [0.5, 0.6) is 0 Å². The van der Waals surface area contributed by atoms with E-state index in [-0.39, 0.29) is 24.2 Å². The Labute approximate surface area is 178 Å². The van der Waals surface area contributed by atoms with Crippen LogP contribution in [0.4, 0.5) is 11.5 Å². The molecule has 2 amide bonds. The summed E-state index contributed by atoms with van der Waals surface area (Å²) in [5.74, 6) is -0.246. The lowest BCUT2D eigenvalue weighted by Crippen LogP contribution is -2.41. The Morgan fingerprint density at radius 1 is 1.23 bits per heavy atom. The van der Waals surface area contributed by atoms with Gasteiger partial charge in [0, 0.05) is 26.1 Å². The van der Waals surface area contributed by atoms with E-state index >= 15 is 0 Å². The number of hydrogen-bond donors (Lipinski definition) is 2. The smallest absolute Gasteiger partial charge is 0.408 e. The number of anilines is 2. The second kappa shape index (κ2) is 9.03. The molecule has 1 unspecified atom stereocenters. The number of carbonyl (C=O) groups is 2. The molecule has 0 radical (unpaired) electrons. The summed E-state index contributed by atoms with van der Waals surface area (Å²) in [7, 11) is 0. The van der Waals surface area contributed by atoms with E-state index in [1.165, 1.54) is 4.57 Å². The number of pyridine rings is 1. The fraction of sp³-hybridized carbons (Fsp3) is 0.364. The Hall–Kier alpha value is -3.62. The van der Waals surface area contributed by atoms with E-state index in [0.717, 1.165) is 30.7 Å². The van der Waals surface area contributed by atoms with Crippen molar-refractivity contribution in [2.45, 2.75) is 32.2 Å². The Kier molecular flexibility index (Phi) is 6.01. The molecular weight excluding hydrogens is 398 g/mol. The van der Waals surface area contributed by atoms with Gasteiger partial charge in [-0.1, -0.05) is 12.1 Å². The summed E-state index contributed by atoms with van der Waals surface area (Å²) in [4.78, 5) is 42.2. The predicted octanol–water partition coefficient (Wildman–Crippen LogP) is 2.11. The highest BCUT2D eigenvalue weighted by molar-refractivity contribution is 5.90. The lowest BCUT2D eigenvalue weighted by atomic mass is 9.97. The minimum atomic E-state index is -0.419. The van der Waals surface area contributed by atoms with Crippen LogP contribution in [0.25, 0.3) is 11.1 Å². The van der Waals surface area contributed by atoms with Gasteiger partial charge in [-0.15, -0.1) is 0 Å². The maximum absolute atomic E-state index is 12.3. The standard InChI is InChI=1S/C22H25N5O4/c23-21(29)15-5-3-11-26(14-15)19-10-9-16(13-24-19)25-20(28)8-4-12-27-17-6-1-2-7-18(17)31-22(27)30/h1-2,6-7,9-10,13,15H,3-5,8,11-12,14H2,(H2,23,29)(H,25,28). The first-order chi connectivity index (χ1) is 15.0. The number of carbonyl (C=O) groups excluding carboxylic acids is 2. The number of para-hydroxylation sites is 2. The molecule has 3 aromatic rings. The van der Waals surface area contributed by atoms with Crippen LogP contribution >= 0.6 is 0 Å². The zero-order valence-corrected chi connectivity index (χ0v) is 17.1. The van der Waals surface area contributed by atoms with Crippen molar-refractivity contribution in [1.82, 2.24) is 9.55 Å². The molecule has 0 bridgehead atoms. The van der Waals surface area contributed by atoms with Gasteiger partial charge in [-0.3, -0.25) is 14.2 Å². The molecule has 4 rings (SSSR count). The monoisotopic (exact) mass is 423 g/mol. The van der Waals surface area contributed by atoms with Crippen LogP contribution in [-0.2, 0) is 16.1 Å². The maximum Gasteiger partial charge on any atom is 0.419 e. The fourth-order valence-electron chi connectivity index (χ4n) is 3.91. The van der Waals surface area contributed by atoms with Gasteiger partial charge in [0.05, 0.1) is 23.3 Å². The van der Waals surface area contributed by atoms with E-state index in [2.05, 4.69) is 10.3 Å². The molecule has 0 spiro atoms. The number of hydrogen-bond acceptors (Lipinski definition) is 6. The number of nitrogens with one attached hydrogen (secondary N) is 1. The summed E-state index contributed by atoms with van der Waals surface area (Å²) >= 11 is 0. The molecule has 1 fully saturated rings. The first-order valence-electron chi connectivity index (χ1n) is 10.4. The van der Waals surface area contributed by atoms with Crippen molar-refractivity contribution in [3.63, 3.8) is 0 Å². The number of nitrogens with two attached hydrogens (primary N) is 1. The normalized spacial score (nSPS) is 16.4. The number of rotatable bonds is 7. The number of aromatic nitrogens is 2. The Balaban J connectivity index is 1.29. The summed E-state index contributed by atoms with van der Waals surface area (Å²) in [5, 5.41) is 2.83. The highest BCUT2D eigenvalue weighted by Gasteiger charge is 2.24. The average molecular weight is 423 g/mol. The van der Waals surface area contributed by atoms with Gasteiger partial charge in [0.15, 0.2) is 5.58 Å². The van der Waals surface area contributed by atoms with Crippen molar-refractivity contribution in [3.05, 3.63) is 53.1 Å². The molecule has 3 heterocycles. The van der Waals surface area contributed by atoms with Gasteiger partial charge in [0.25, 0.3) is 0 Å². The first-order valence-corrected chi connectivity index (χ1v) is 10.4. The molecule has 3 N–H and O–H groups in total. The van der Waals surface area contributed by atoms with Crippen LogP contribution in [0, 0.1) is 5.92 Å². The molecule has 31 heavy (non-hydrogen) atoms. The van der Waals surface area contributed by atoms with Crippen molar-refractivity contribution in [3.8, 4) is 0 Å². The van der Waals surface area contributed by atoms with Gasteiger partial charge in [0.1, 0.15) is 5.82 Å². The summed E-state index contributed by atoms with van der Waals surface area (Å²) in [6, 6.07) is 10.8. The number of oxazole rings is 1. The first kappa shape index (κ1) is 20.6. The van der Waals surface area contributed by atoms with Crippen LogP contribution in [0.15, 0.2) is 51.8 Å². The minimum absolute atomic E-state index is 0.151. The van der Waals surface area contributed by atoms with E-state index in [0.29, 0.717) is 30.8 Å². The number of nitrogens with zero attached hydrogens (tertiary/aromatic N) is 3. The molecule has 1 aliphatic heterocycles. The topological polar surface area (TPSA) is 123 Å². The van der Waals surface area contributed by atoms with E-state index in [1.807, 2.05) is 29.2 Å². The van der Waals surface area contributed by atoms with E-state index in [1.54, 1.807) is 18.3 Å². The van der Waals surface area contributed by atoms with E-state index < -0.39 is 5.76 Å². The number of primary amides is 1. The zero-order valence-electron chi connectivity index (χ0n) is 17.1. The number of piperidine rings is 1. The summed E-state index contributed by atoms with van der Waals surface area (Å²) in [5.41, 5.74) is 7.30. The van der Waals surface area contributed by atoms with Crippen molar-refractivity contribution in [1.29, 1.82) is 0 Å². The second-order valence-electron chi connectivity index (χ2n) is 7.73. The van der Waals surface area contributed by atoms with Crippen LogP contribution in [0.1, 0.15) is 25.7 Å². The molecule has 9 nitrogen and oxygen atoms in total. The quantitative estimate of drug-likeness (QED) is 0.600. The summed E-state index contributed by atoms with van der Waals surface area (Å²) in [6.07, 6.45) is 4.07. The highest BCUT2D eigenvalue weighted by Crippen LogP contribution is 2.22. The third kappa shape index (κ3) is 4.76. The van der Waals surface area contributed by atoms with Crippen molar-refractivity contribution < 1.29 is 14.0 Å². The lowest BCUT2D eigenvalue weighted by Gasteiger charge is -2.32. The van der Waals surface area contributed by atoms with Gasteiger partial charge in [-0.2, -0.15) is 0 Å². The van der Waals surface area contributed by atoms with Crippen LogP contribution in [0.2, 0.25) is 0 Å². The van der Waals surface area contributed by atoms with Crippen LogP contribution in [0.3, 0.4) is 0 Å². The van der Waals surface area contributed by atoms with Gasteiger partial charge in [0.2, 0.25) is 11.8 Å². The Morgan fingerprint density at radius 3 is 2.84 bits per heavy atom. The molecule has 162 valence electrons. The SMILES string of the molecule is NC(=O)C1CCCN(c2ccc(NC(=O)CCCn3c(=O)oc4ccccc43)cn2)C1. The second-order valence-corrected chi connectivity index (χ2v) is 7.73. The van der Waals surface area contributed by atoms with Crippen molar-refractivity contribution in [2.24, 2.45) is 11.7 Å². The van der Waals surface area contributed by atoms with Crippen LogP contribution < -0.4 is 21.7 Å². The molecule has 0 aliphatic carbocycles. The third-order valence-corrected chi connectivity index (χ3v) is 5.54. The predicted molar refractivity (Wildman–Crippen MR) is 117 cm³/mol. The largest absolute Gasteiger partial charge is 0.419 e. The minimum Gasteiger partial charge on any atom is -0.408 e. The maximum atomic E-state index is 12.3. The third-order valence-electron chi connectivity index (χ3n) is 5.54. The fourth-order valence-corrected chi connectivity index (χ4v) is 3.91. The van der Waals surface area contributed by atoms with E-state index in [9.17, 15) is 14.4 Å². The molecule has 2 aromatic heterocycles. The van der Waals surface area contributed by atoms with Gasteiger partial charge >= 0.3 is 5.76 Å². The van der Waals surface area contributed by atoms with Gasteiger partial charge < -0.3 is 20.4 Å². The van der Waals surface area contributed by atoms with Crippen LogP contribution in [-0.4, -0.2) is 34.5 Å². The molecule has 0 saturated carbocycles. The average Bonchev–Trinajstić information content (AvgIpc) is 3.09. The van der Waals surface area contributed by atoms with Gasteiger partial charge in [-0.25, -0.2) is 9.78 Å². The lowest BCUT2D eigenvalue weighted by molar-refractivity contribution is -0.122. The van der Waals surface area contributed by atoms with E-state index in [4.69, 9.17) is 10.2 Å². The Morgan fingerprint density at radius 2 is 2.06 bits per heavy atom. The van der Waals surface area contributed by atoms with Gasteiger partial charge in [-0.05, 0) is 43.5 Å². The van der Waals surface area contributed by atoms with Crippen molar-refractivity contribution >= 4 is 34.4 Å². The Bertz CT molecular complexity index is 1130. The molecule has 1 atom stereocenters. The summed E-state index contributed by atoms with van der Waals surface area (Å²) in [6.45, 7) is 1.79. The van der Waals surface area contributed by atoms with Crippen molar-refractivity contribution in [2.75, 3.05) is 23.3 Å². The highest BCUT2D eigenvalue weighted by atomic mass is 16.4. The number of benzene rings is 1.